The largest absolute Gasteiger partial charge is 0.471 e. The molecule has 10 heteroatoms. The minimum atomic E-state index is -3.55. The summed E-state index contributed by atoms with van der Waals surface area (Å²) in [5.41, 5.74) is 0.283. The number of hydrogen-bond donors (Lipinski definition) is 0. The molecule has 0 aromatic carbocycles. The Labute approximate surface area is 151 Å². The Hall–Kier alpha value is -1.10. The lowest BCUT2D eigenvalue weighted by atomic mass is 10.3. The van der Waals surface area contributed by atoms with Gasteiger partial charge in [-0.3, -0.25) is 0 Å². The fraction of sp³-hybridized carbons (Fsp3) is 0.429. The van der Waals surface area contributed by atoms with Crippen molar-refractivity contribution in [3.05, 3.63) is 33.8 Å². The van der Waals surface area contributed by atoms with E-state index in [4.69, 9.17) is 4.74 Å². The number of ether oxygens (including phenoxy) is 1. The van der Waals surface area contributed by atoms with E-state index >= 15 is 0 Å². The molecule has 0 radical (unpaired) electrons. The van der Waals surface area contributed by atoms with Crippen molar-refractivity contribution in [1.29, 1.82) is 0 Å². The maximum atomic E-state index is 14.1. The molecule has 1 aliphatic rings. The highest BCUT2D eigenvalue weighted by atomic mass is 79.9. The van der Waals surface area contributed by atoms with Gasteiger partial charge in [0.05, 0.1) is 16.0 Å². The first-order chi connectivity index (χ1) is 11.4. The van der Waals surface area contributed by atoms with Crippen LogP contribution in [0.15, 0.2) is 26.5 Å². The lowest BCUT2D eigenvalue weighted by Crippen LogP contribution is -2.30. The maximum Gasteiger partial charge on any atom is 0.254 e. The van der Waals surface area contributed by atoms with Gasteiger partial charge in [0.15, 0.2) is 0 Å². The minimum absolute atomic E-state index is 0.120. The predicted molar refractivity (Wildman–Crippen MR) is 91.2 cm³/mol. The second-order valence-electron chi connectivity index (χ2n) is 5.24. The van der Waals surface area contributed by atoms with E-state index in [-0.39, 0.29) is 22.3 Å². The zero-order valence-electron chi connectivity index (χ0n) is 12.8. The number of sulfonamides is 1. The van der Waals surface area contributed by atoms with Crippen molar-refractivity contribution in [3.8, 4) is 5.88 Å². The molecule has 6 nitrogen and oxygen atoms in total. The number of hydrogen-bond acceptors (Lipinski definition) is 6. The SMILES string of the molecule is CCc1ncnc(O[C@H]2CCN(S(=O)(=O)c3ccc(Br)s3)C2)c1F. The van der Waals surface area contributed by atoms with Crippen LogP contribution in [-0.2, 0) is 16.4 Å². The van der Waals surface area contributed by atoms with Crippen LogP contribution in [0.4, 0.5) is 4.39 Å². The lowest BCUT2D eigenvalue weighted by Gasteiger charge is -2.16. The Morgan fingerprint density at radius 1 is 1.46 bits per heavy atom. The molecule has 3 heterocycles. The van der Waals surface area contributed by atoms with Crippen molar-refractivity contribution in [1.82, 2.24) is 14.3 Å². The fourth-order valence-corrected chi connectivity index (χ4v) is 6.10. The third-order valence-electron chi connectivity index (χ3n) is 3.69. The summed E-state index contributed by atoms with van der Waals surface area (Å²) in [5.74, 6) is -0.700. The number of rotatable bonds is 5. The molecule has 0 bridgehead atoms. The van der Waals surface area contributed by atoms with E-state index < -0.39 is 21.9 Å². The van der Waals surface area contributed by atoms with Crippen LogP contribution < -0.4 is 4.74 Å². The molecule has 24 heavy (non-hydrogen) atoms. The van der Waals surface area contributed by atoms with Gasteiger partial charge in [0.2, 0.25) is 5.82 Å². The van der Waals surface area contributed by atoms with Gasteiger partial charge in [0.1, 0.15) is 16.6 Å². The summed E-state index contributed by atoms with van der Waals surface area (Å²) in [6, 6.07) is 3.26. The van der Waals surface area contributed by atoms with Gasteiger partial charge in [-0.15, -0.1) is 11.3 Å². The zero-order valence-corrected chi connectivity index (χ0v) is 16.0. The normalized spacial score (nSPS) is 18.9. The fourth-order valence-electron chi connectivity index (χ4n) is 2.45. The second-order valence-corrected chi connectivity index (χ2v) is 9.87. The number of aromatic nitrogens is 2. The molecule has 2 aromatic rings. The first-order valence-electron chi connectivity index (χ1n) is 7.33. The molecule has 0 N–H and O–H groups in total. The van der Waals surface area contributed by atoms with Gasteiger partial charge in [-0.25, -0.2) is 13.4 Å². The lowest BCUT2D eigenvalue weighted by molar-refractivity contribution is 0.195. The maximum absolute atomic E-state index is 14.1. The van der Waals surface area contributed by atoms with E-state index in [2.05, 4.69) is 25.9 Å². The summed E-state index contributed by atoms with van der Waals surface area (Å²) >= 11 is 4.43. The summed E-state index contributed by atoms with van der Waals surface area (Å²) in [6.07, 6.45) is 1.74. The Kier molecular flexibility index (Phi) is 5.19. The smallest absolute Gasteiger partial charge is 0.254 e. The van der Waals surface area contributed by atoms with Gasteiger partial charge >= 0.3 is 0 Å². The van der Waals surface area contributed by atoms with Crippen molar-refractivity contribution >= 4 is 37.3 Å². The van der Waals surface area contributed by atoms with Crippen LogP contribution in [0.3, 0.4) is 0 Å². The molecule has 1 atom stereocenters. The van der Waals surface area contributed by atoms with Gasteiger partial charge in [-0.1, -0.05) is 6.92 Å². The molecule has 0 aliphatic carbocycles. The molecule has 3 rings (SSSR count). The highest BCUT2D eigenvalue weighted by Gasteiger charge is 2.35. The minimum Gasteiger partial charge on any atom is -0.471 e. The van der Waals surface area contributed by atoms with Crippen LogP contribution in [0.2, 0.25) is 0 Å². The van der Waals surface area contributed by atoms with Gasteiger partial charge in [-0.2, -0.15) is 13.7 Å². The van der Waals surface area contributed by atoms with Gasteiger partial charge < -0.3 is 4.74 Å². The van der Waals surface area contributed by atoms with E-state index in [1.807, 2.05) is 0 Å². The molecular weight excluding hydrogens is 421 g/mol. The summed E-state index contributed by atoms with van der Waals surface area (Å²) in [6.45, 7) is 2.29. The van der Waals surface area contributed by atoms with Crippen molar-refractivity contribution in [2.45, 2.75) is 30.1 Å². The van der Waals surface area contributed by atoms with E-state index in [1.165, 1.54) is 10.6 Å². The number of nitrogens with zero attached hydrogens (tertiary/aromatic N) is 3. The van der Waals surface area contributed by atoms with Crippen molar-refractivity contribution < 1.29 is 17.5 Å². The van der Waals surface area contributed by atoms with Crippen LogP contribution in [-0.4, -0.2) is 41.9 Å². The molecule has 0 unspecified atom stereocenters. The molecule has 0 amide bonds. The van der Waals surface area contributed by atoms with Crippen molar-refractivity contribution in [2.24, 2.45) is 0 Å². The van der Waals surface area contributed by atoms with Gasteiger partial charge in [0, 0.05) is 6.54 Å². The number of halogens is 2. The summed E-state index contributed by atoms with van der Waals surface area (Å²) in [5, 5.41) is 0. The van der Waals surface area contributed by atoms with Crippen molar-refractivity contribution in [3.63, 3.8) is 0 Å². The summed E-state index contributed by atoms with van der Waals surface area (Å²) in [7, 11) is -3.55. The topological polar surface area (TPSA) is 72.4 Å². The summed E-state index contributed by atoms with van der Waals surface area (Å²) < 4.78 is 47.2. The first kappa shape index (κ1) is 17.7. The quantitative estimate of drug-likeness (QED) is 0.721. The van der Waals surface area contributed by atoms with Crippen LogP contribution in [0.5, 0.6) is 5.88 Å². The van der Waals surface area contributed by atoms with E-state index in [1.54, 1.807) is 19.1 Å². The van der Waals surface area contributed by atoms with Crippen LogP contribution in [0.1, 0.15) is 19.0 Å². The molecule has 130 valence electrons. The molecule has 1 aliphatic heterocycles. The third-order valence-corrected chi connectivity index (χ3v) is 7.65. The highest BCUT2D eigenvalue weighted by molar-refractivity contribution is 9.11. The predicted octanol–water partition coefficient (Wildman–Crippen LogP) is 2.84. The van der Waals surface area contributed by atoms with E-state index in [9.17, 15) is 12.8 Å². The average molecular weight is 436 g/mol. The zero-order chi connectivity index (χ0) is 17.3. The third kappa shape index (κ3) is 3.46. The summed E-state index contributed by atoms with van der Waals surface area (Å²) in [4.78, 5) is 7.67. The Morgan fingerprint density at radius 2 is 2.25 bits per heavy atom. The molecule has 0 saturated carbocycles. The van der Waals surface area contributed by atoms with Crippen molar-refractivity contribution in [2.75, 3.05) is 13.1 Å². The van der Waals surface area contributed by atoms with E-state index in [0.29, 0.717) is 19.4 Å². The molecule has 2 aromatic heterocycles. The van der Waals surface area contributed by atoms with Crippen LogP contribution >= 0.6 is 27.3 Å². The standard InChI is InChI=1S/C14H15BrFN3O3S2/c1-2-10-13(16)14(18-8-17-10)22-9-5-6-19(7-9)24(20,21)12-4-3-11(15)23-12/h3-4,8-9H,2,5-7H2,1H3/t9-/m0/s1. The Morgan fingerprint density at radius 3 is 2.92 bits per heavy atom. The molecule has 0 spiro atoms. The highest BCUT2D eigenvalue weighted by Crippen LogP contribution is 2.31. The Balaban J connectivity index is 1.72. The Bertz CT molecular complexity index is 844. The first-order valence-corrected chi connectivity index (χ1v) is 10.4. The van der Waals surface area contributed by atoms with Crippen LogP contribution in [0, 0.1) is 5.82 Å². The van der Waals surface area contributed by atoms with Crippen LogP contribution in [0.25, 0.3) is 0 Å². The van der Waals surface area contributed by atoms with Gasteiger partial charge in [-0.05, 0) is 40.9 Å². The molecule has 1 saturated heterocycles. The average Bonchev–Trinajstić information content (AvgIpc) is 3.19. The van der Waals surface area contributed by atoms with E-state index in [0.717, 1.165) is 15.1 Å². The molecule has 1 fully saturated rings. The number of aryl methyl sites for hydroxylation is 1. The monoisotopic (exact) mass is 435 g/mol. The molecular formula is C14H15BrFN3O3S2. The van der Waals surface area contributed by atoms with Gasteiger partial charge in [0.25, 0.3) is 15.9 Å². The second kappa shape index (κ2) is 7.03. The number of thiophene rings is 1.